The van der Waals surface area contributed by atoms with Gasteiger partial charge in [-0.15, -0.1) is 0 Å². The SMILES string of the molecule is N[C@@](O)(CO)c1cc(F)cc(Cl)c1. The Labute approximate surface area is 79.6 Å². The highest BCUT2D eigenvalue weighted by molar-refractivity contribution is 6.30. The van der Waals surface area contributed by atoms with E-state index >= 15 is 0 Å². The lowest BCUT2D eigenvalue weighted by atomic mass is 10.1. The summed E-state index contributed by atoms with van der Waals surface area (Å²) >= 11 is 5.52. The molecule has 1 aromatic carbocycles. The number of aliphatic hydroxyl groups is 2. The normalized spacial score (nSPS) is 15.5. The van der Waals surface area contributed by atoms with Crippen LogP contribution in [0.1, 0.15) is 5.56 Å². The highest BCUT2D eigenvalue weighted by atomic mass is 35.5. The van der Waals surface area contributed by atoms with E-state index in [-0.39, 0.29) is 10.6 Å². The van der Waals surface area contributed by atoms with Gasteiger partial charge in [0.1, 0.15) is 5.82 Å². The Morgan fingerprint density at radius 1 is 1.46 bits per heavy atom. The number of rotatable bonds is 2. The summed E-state index contributed by atoms with van der Waals surface area (Å²) in [6.45, 7) is -0.702. The first kappa shape index (κ1) is 10.4. The molecule has 13 heavy (non-hydrogen) atoms. The van der Waals surface area contributed by atoms with Crippen molar-refractivity contribution in [3.8, 4) is 0 Å². The molecule has 1 aromatic rings. The van der Waals surface area contributed by atoms with Crippen LogP contribution in [0, 0.1) is 5.82 Å². The van der Waals surface area contributed by atoms with Gasteiger partial charge in [-0.25, -0.2) is 4.39 Å². The molecule has 0 heterocycles. The van der Waals surface area contributed by atoms with Gasteiger partial charge in [0.15, 0.2) is 5.72 Å². The van der Waals surface area contributed by atoms with Gasteiger partial charge in [0.05, 0.1) is 6.61 Å². The van der Waals surface area contributed by atoms with E-state index < -0.39 is 18.1 Å². The summed E-state index contributed by atoms with van der Waals surface area (Å²) in [7, 11) is 0. The van der Waals surface area contributed by atoms with Crippen LogP contribution in [0.2, 0.25) is 5.02 Å². The van der Waals surface area contributed by atoms with E-state index in [0.29, 0.717) is 0 Å². The fraction of sp³-hybridized carbons (Fsp3) is 0.250. The van der Waals surface area contributed by atoms with Crippen molar-refractivity contribution in [2.24, 2.45) is 5.73 Å². The Bertz CT molecular complexity index is 297. The molecule has 3 nitrogen and oxygen atoms in total. The van der Waals surface area contributed by atoms with Crippen molar-refractivity contribution in [3.63, 3.8) is 0 Å². The first-order valence-electron chi connectivity index (χ1n) is 3.54. The minimum atomic E-state index is -1.95. The molecule has 0 spiro atoms. The average molecular weight is 206 g/mol. The third kappa shape index (κ3) is 2.38. The first-order chi connectivity index (χ1) is 5.95. The van der Waals surface area contributed by atoms with Crippen molar-refractivity contribution < 1.29 is 14.6 Å². The van der Waals surface area contributed by atoms with Crippen molar-refractivity contribution >= 4 is 11.6 Å². The highest BCUT2D eigenvalue weighted by Gasteiger charge is 2.23. The fourth-order valence-corrected chi connectivity index (χ4v) is 1.12. The predicted molar refractivity (Wildman–Crippen MR) is 46.6 cm³/mol. The van der Waals surface area contributed by atoms with Gasteiger partial charge in [-0.1, -0.05) is 11.6 Å². The molecule has 4 N–H and O–H groups in total. The van der Waals surface area contributed by atoms with Gasteiger partial charge in [0, 0.05) is 10.6 Å². The number of hydrogen-bond acceptors (Lipinski definition) is 3. The van der Waals surface area contributed by atoms with E-state index in [0.717, 1.165) is 12.1 Å². The molecular weight excluding hydrogens is 197 g/mol. The van der Waals surface area contributed by atoms with Crippen molar-refractivity contribution in [1.29, 1.82) is 0 Å². The standard InChI is InChI=1S/C8H9ClFNO2/c9-6-1-5(2-7(10)3-6)8(11,13)4-12/h1-3,12-13H,4,11H2/t8-/m1/s1. The summed E-state index contributed by atoms with van der Waals surface area (Å²) in [6, 6.07) is 3.39. The highest BCUT2D eigenvalue weighted by Crippen LogP contribution is 2.20. The number of halogens is 2. The second-order valence-corrected chi connectivity index (χ2v) is 3.18. The average Bonchev–Trinajstić information content (AvgIpc) is 2.02. The van der Waals surface area contributed by atoms with Gasteiger partial charge in [0.2, 0.25) is 0 Å². The van der Waals surface area contributed by atoms with Gasteiger partial charge < -0.3 is 10.2 Å². The van der Waals surface area contributed by atoms with Crippen LogP contribution in [0.15, 0.2) is 18.2 Å². The molecule has 0 aliphatic heterocycles. The molecule has 5 heteroatoms. The van der Waals surface area contributed by atoms with Crippen molar-refractivity contribution in [3.05, 3.63) is 34.6 Å². The number of nitrogens with two attached hydrogens (primary N) is 1. The summed E-state index contributed by atoms with van der Waals surface area (Å²) < 4.78 is 12.8. The molecule has 0 fully saturated rings. The van der Waals surface area contributed by atoms with Crippen LogP contribution in [0.25, 0.3) is 0 Å². The second kappa shape index (κ2) is 3.59. The molecule has 1 rings (SSSR count). The molecule has 0 aliphatic carbocycles. The maximum atomic E-state index is 12.8. The lowest BCUT2D eigenvalue weighted by Crippen LogP contribution is -2.40. The third-order valence-electron chi connectivity index (χ3n) is 1.60. The van der Waals surface area contributed by atoms with Gasteiger partial charge in [-0.3, -0.25) is 5.73 Å². The molecule has 0 radical (unpaired) electrons. The summed E-state index contributed by atoms with van der Waals surface area (Å²) in [5, 5.41) is 18.2. The topological polar surface area (TPSA) is 66.5 Å². The summed E-state index contributed by atoms with van der Waals surface area (Å²) in [5.41, 5.74) is 3.34. The van der Waals surface area contributed by atoms with Gasteiger partial charge >= 0.3 is 0 Å². The van der Waals surface area contributed by atoms with Crippen LogP contribution in [0.3, 0.4) is 0 Å². The maximum absolute atomic E-state index is 12.8. The summed E-state index contributed by atoms with van der Waals surface area (Å²) in [4.78, 5) is 0. The molecule has 72 valence electrons. The van der Waals surface area contributed by atoms with Crippen LogP contribution < -0.4 is 5.73 Å². The molecule has 0 saturated heterocycles. The Morgan fingerprint density at radius 3 is 2.54 bits per heavy atom. The zero-order valence-electron chi connectivity index (χ0n) is 6.67. The van der Waals surface area contributed by atoms with E-state index in [1.807, 2.05) is 0 Å². The van der Waals surface area contributed by atoms with Crippen molar-refractivity contribution in [2.75, 3.05) is 6.61 Å². The Morgan fingerprint density at radius 2 is 2.08 bits per heavy atom. The maximum Gasteiger partial charge on any atom is 0.163 e. The lowest BCUT2D eigenvalue weighted by molar-refractivity contribution is -0.0137. The summed E-state index contributed by atoms with van der Waals surface area (Å²) in [5.74, 6) is -0.611. The Kier molecular flexibility index (Phi) is 2.87. The Balaban J connectivity index is 3.15. The monoisotopic (exact) mass is 205 g/mol. The number of hydrogen-bond donors (Lipinski definition) is 3. The molecule has 0 amide bonds. The smallest absolute Gasteiger partial charge is 0.163 e. The first-order valence-corrected chi connectivity index (χ1v) is 3.92. The zero-order chi connectivity index (χ0) is 10.1. The van der Waals surface area contributed by atoms with Crippen LogP contribution in [0.5, 0.6) is 0 Å². The van der Waals surface area contributed by atoms with Crippen LogP contribution in [-0.4, -0.2) is 16.8 Å². The minimum absolute atomic E-state index is 0.0417. The Hall–Kier alpha value is -0.680. The van der Waals surface area contributed by atoms with Gasteiger partial charge in [-0.2, -0.15) is 0 Å². The van der Waals surface area contributed by atoms with Crippen LogP contribution in [0.4, 0.5) is 4.39 Å². The van der Waals surface area contributed by atoms with Crippen LogP contribution >= 0.6 is 11.6 Å². The third-order valence-corrected chi connectivity index (χ3v) is 1.82. The number of benzene rings is 1. The minimum Gasteiger partial charge on any atom is -0.392 e. The molecule has 0 saturated carbocycles. The second-order valence-electron chi connectivity index (χ2n) is 2.74. The van der Waals surface area contributed by atoms with Crippen LogP contribution in [-0.2, 0) is 5.72 Å². The van der Waals surface area contributed by atoms with E-state index in [1.165, 1.54) is 6.07 Å². The molecule has 1 atom stereocenters. The van der Waals surface area contributed by atoms with Gasteiger partial charge in [-0.05, 0) is 18.2 Å². The summed E-state index contributed by atoms with van der Waals surface area (Å²) in [6.07, 6.45) is 0. The lowest BCUT2D eigenvalue weighted by Gasteiger charge is -2.20. The van der Waals surface area contributed by atoms with Crippen molar-refractivity contribution in [1.82, 2.24) is 0 Å². The van der Waals surface area contributed by atoms with E-state index in [4.69, 9.17) is 22.4 Å². The fourth-order valence-electron chi connectivity index (χ4n) is 0.895. The van der Waals surface area contributed by atoms with Crippen molar-refractivity contribution in [2.45, 2.75) is 5.72 Å². The molecule has 0 bridgehead atoms. The molecular formula is C8H9ClFNO2. The van der Waals surface area contributed by atoms with E-state index in [2.05, 4.69) is 0 Å². The van der Waals surface area contributed by atoms with E-state index in [1.54, 1.807) is 0 Å². The van der Waals surface area contributed by atoms with E-state index in [9.17, 15) is 9.50 Å². The zero-order valence-corrected chi connectivity index (χ0v) is 7.42. The predicted octanol–water partition coefficient (Wildman–Crippen LogP) is 0.575. The quantitative estimate of drug-likeness (QED) is 0.619. The van der Waals surface area contributed by atoms with Gasteiger partial charge in [0.25, 0.3) is 0 Å². The molecule has 0 aliphatic rings. The number of aliphatic hydroxyl groups excluding tert-OH is 1. The molecule has 0 unspecified atom stereocenters. The molecule has 0 aromatic heterocycles. The largest absolute Gasteiger partial charge is 0.392 e.